The van der Waals surface area contributed by atoms with E-state index in [0.29, 0.717) is 27.9 Å². The molecule has 8 atom stereocenters. The number of phenols is 1. The molecule has 6 rings (SSSR count). The molecule has 0 radical (unpaired) electrons. The number of carbonyl (C=O) groups excluding carboxylic acids is 1. The summed E-state index contributed by atoms with van der Waals surface area (Å²) in [5, 5.41) is 61.3. The molecule has 11 nitrogen and oxygen atoms in total. The van der Waals surface area contributed by atoms with Gasteiger partial charge in [0, 0.05) is 17.0 Å². The predicted molar refractivity (Wildman–Crippen MR) is 173 cm³/mol. The molecule has 0 saturated carbocycles. The zero-order valence-electron chi connectivity index (χ0n) is 25.1. The van der Waals surface area contributed by atoms with E-state index < -0.39 is 59.9 Å². The number of β-lactam (4-membered cyclic amide) rings is 1. The largest absolute Gasteiger partial charge is 0.508 e. The van der Waals surface area contributed by atoms with Crippen LogP contribution in [0.3, 0.4) is 0 Å². The van der Waals surface area contributed by atoms with Crippen molar-refractivity contribution in [2.75, 3.05) is 10.7 Å². The molecule has 2 aliphatic heterocycles. The Labute approximate surface area is 278 Å². The standard InChI is InChI=1S/C35H32FNO10S/c36-21-12-9-18(10-13-21)25(39)17-48-32-27(37(33(32)43)22-6-2-1-3-7-22)24-14-11-20(19-5-4-8-23(38)15-19)16-26(24)46-35-30(42)28(40)29(41)31(47-35)34(44)45/h1-16,25,27-32,35,38-42H,17H2,(H,44,45)/t25-,27+,28?,29?,30?,31?,32+,35+/m0/s1. The van der Waals surface area contributed by atoms with Crippen molar-refractivity contribution < 1.29 is 54.1 Å². The van der Waals surface area contributed by atoms with Crippen LogP contribution in [0.15, 0.2) is 97.1 Å². The molecule has 4 aromatic carbocycles. The van der Waals surface area contributed by atoms with Crippen LogP contribution in [0.5, 0.6) is 11.5 Å². The number of nitrogens with zero attached hydrogens (tertiary/aromatic N) is 1. The number of anilines is 1. The zero-order valence-corrected chi connectivity index (χ0v) is 25.9. The molecule has 13 heteroatoms. The van der Waals surface area contributed by atoms with Gasteiger partial charge in [-0.05, 0) is 59.2 Å². The number of benzene rings is 4. The van der Waals surface area contributed by atoms with Crippen molar-refractivity contribution in [3.05, 3.63) is 114 Å². The highest BCUT2D eigenvalue weighted by molar-refractivity contribution is 8.00. The first-order valence-electron chi connectivity index (χ1n) is 15.0. The first-order valence-corrected chi connectivity index (χ1v) is 16.0. The van der Waals surface area contributed by atoms with Crippen molar-refractivity contribution >= 4 is 29.3 Å². The number of phenolic OH excluding ortho intramolecular Hbond substituents is 1. The van der Waals surface area contributed by atoms with Crippen LogP contribution in [0.4, 0.5) is 10.1 Å². The van der Waals surface area contributed by atoms with Gasteiger partial charge in [0.15, 0.2) is 6.10 Å². The van der Waals surface area contributed by atoms with Gasteiger partial charge in [0.25, 0.3) is 0 Å². The van der Waals surface area contributed by atoms with Gasteiger partial charge < -0.3 is 45.0 Å². The van der Waals surface area contributed by atoms with Crippen LogP contribution in [-0.2, 0) is 14.3 Å². The Morgan fingerprint density at radius 3 is 2.29 bits per heavy atom. The summed E-state index contributed by atoms with van der Waals surface area (Å²) in [6.45, 7) is 0. The molecule has 4 aromatic rings. The lowest BCUT2D eigenvalue weighted by Gasteiger charge is -2.48. The Hall–Kier alpha value is -4.50. The average Bonchev–Trinajstić information content (AvgIpc) is 3.08. The summed E-state index contributed by atoms with van der Waals surface area (Å²) in [6, 6.07) is 25.0. The minimum Gasteiger partial charge on any atom is -0.508 e. The molecule has 48 heavy (non-hydrogen) atoms. The molecular weight excluding hydrogens is 645 g/mol. The van der Waals surface area contributed by atoms with Gasteiger partial charge in [0.1, 0.15) is 40.9 Å². The molecule has 2 aliphatic rings. The molecule has 0 aromatic heterocycles. The van der Waals surface area contributed by atoms with Gasteiger partial charge in [0.2, 0.25) is 12.2 Å². The topological polar surface area (TPSA) is 177 Å². The average molecular weight is 678 g/mol. The van der Waals surface area contributed by atoms with Gasteiger partial charge in [-0.2, -0.15) is 0 Å². The summed E-state index contributed by atoms with van der Waals surface area (Å²) in [7, 11) is 0. The smallest absolute Gasteiger partial charge is 0.335 e. The maximum Gasteiger partial charge on any atom is 0.335 e. The number of hydrogen-bond acceptors (Lipinski definition) is 10. The number of carboxylic acids is 1. The molecule has 4 unspecified atom stereocenters. The minimum absolute atomic E-state index is 0.00232. The van der Waals surface area contributed by atoms with Crippen LogP contribution in [-0.4, -0.2) is 84.2 Å². The van der Waals surface area contributed by atoms with Crippen LogP contribution < -0.4 is 9.64 Å². The monoisotopic (exact) mass is 677 g/mol. The highest BCUT2D eigenvalue weighted by Gasteiger charge is 2.52. The van der Waals surface area contributed by atoms with E-state index in [1.54, 1.807) is 65.6 Å². The number of carboxylic acid groups (broad SMARTS) is 1. The van der Waals surface area contributed by atoms with Crippen LogP contribution in [0, 0.1) is 5.82 Å². The van der Waals surface area contributed by atoms with Crippen LogP contribution in [0.2, 0.25) is 0 Å². The summed E-state index contributed by atoms with van der Waals surface area (Å²) in [5.41, 5.74) is 2.62. The van der Waals surface area contributed by atoms with Gasteiger partial charge in [0.05, 0.1) is 12.1 Å². The van der Waals surface area contributed by atoms with Crippen molar-refractivity contribution in [2.45, 2.75) is 48.1 Å². The predicted octanol–water partition coefficient (Wildman–Crippen LogP) is 3.39. The second kappa shape index (κ2) is 13.9. The molecule has 0 spiro atoms. The Morgan fingerprint density at radius 2 is 1.60 bits per heavy atom. The van der Waals surface area contributed by atoms with E-state index in [-0.39, 0.29) is 23.2 Å². The van der Waals surface area contributed by atoms with Crippen LogP contribution in [0.1, 0.15) is 23.3 Å². The number of aromatic hydroxyl groups is 1. The van der Waals surface area contributed by atoms with Crippen LogP contribution in [0.25, 0.3) is 11.1 Å². The third-order valence-corrected chi connectivity index (χ3v) is 9.66. The van der Waals surface area contributed by atoms with Crippen molar-refractivity contribution in [3.63, 3.8) is 0 Å². The second-order valence-corrected chi connectivity index (χ2v) is 12.6. The van der Waals surface area contributed by atoms with Gasteiger partial charge in [-0.15, -0.1) is 11.8 Å². The number of hydrogen-bond donors (Lipinski definition) is 6. The Balaban J connectivity index is 1.39. The van der Waals surface area contributed by atoms with Gasteiger partial charge >= 0.3 is 5.97 Å². The number of aliphatic carboxylic acids is 1. The quantitative estimate of drug-likeness (QED) is 0.136. The lowest BCUT2D eigenvalue weighted by Crippen LogP contribution is -2.61. The van der Waals surface area contributed by atoms with E-state index in [9.17, 15) is 44.6 Å². The normalized spacial score (nSPS) is 26.1. The fourth-order valence-electron chi connectivity index (χ4n) is 5.80. The molecule has 250 valence electrons. The Bertz CT molecular complexity index is 1780. The van der Waals surface area contributed by atoms with E-state index in [1.807, 2.05) is 0 Å². The van der Waals surface area contributed by atoms with Crippen molar-refractivity contribution in [1.29, 1.82) is 0 Å². The number of halogens is 1. The third kappa shape index (κ3) is 6.61. The van der Waals surface area contributed by atoms with Gasteiger partial charge in [-0.3, -0.25) is 4.79 Å². The van der Waals surface area contributed by atoms with Gasteiger partial charge in [-0.25, -0.2) is 9.18 Å². The summed E-state index contributed by atoms with van der Waals surface area (Å²) >= 11 is 1.19. The van der Waals surface area contributed by atoms with Crippen LogP contribution >= 0.6 is 11.8 Å². The number of amides is 1. The molecule has 1 amide bonds. The fourth-order valence-corrected chi connectivity index (χ4v) is 7.09. The van der Waals surface area contributed by atoms with E-state index in [1.165, 1.54) is 48.2 Å². The molecule has 2 heterocycles. The number of ether oxygens (including phenoxy) is 2. The van der Waals surface area contributed by atoms with Crippen molar-refractivity contribution in [2.24, 2.45) is 0 Å². The lowest BCUT2D eigenvalue weighted by atomic mass is 9.90. The summed E-state index contributed by atoms with van der Waals surface area (Å²) in [6.07, 6.45) is -10.3. The van der Waals surface area contributed by atoms with Crippen molar-refractivity contribution in [1.82, 2.24) is 0 Å². The molecule has 0 aliphatic carbocycles. The lowest BCUT2D eigenvalue weighted by molar-refractivity contribution is -0.271. The third-order valence-electron chi connectivity index (χ3n) is 8.34. The number of aliphatic hydroxyl groups is 4. The molecule has 2 saturated heterocycles. The number of thioether (sulfide) groups is 1. The number of para-hydroxylation sites is 1. The Morgan fingerprint density at radius 1 is 0.896 bits per heavy atom. The number of rotatable bonds is 10. The van der Waals surface area contributed by atoms with E-state index in [0.717, 1.165) is 0 Å². The first kappa shape index (κ1) is 33.4. The molecular formula is C35H32FNO10S. The second-order valence-electron chi connectivity index (χ2n) is 11.5. The summed E-state index contributed by atoms with van der Waals surface area (Å²) < 4.78 is 25.0. The highest BCUT2D eigenvalue weighted by atomic mass is 32.2. The maximum absolute atomic E-state index is 13.7. The minimum atomic E-state index is -1.93. The van der Waals surface area contributed by atoms with E-state index in [2.05, 4.69) is 0 Å². The summed E-state index contributed by atoms with van der Waals surface area (Å²) in [4.78, 5) is 27.1. The fraction of sp³-hybridized carbons (Fsp3) is 0.257. The molecule has 0 bridgehead atoms. The number of aliphatic hydroxyl groups excluding tert-OH is 4. The van der Waals surface area contributed by atoms with E-state index >= 15 is 0 Å². The molecule has 6 N–H and O–H groups in total. The van der Waals surface area contributed by atoms with E-state index in [4.69, 9.17) is 9.47 Å². The summed E-state index contributed by atoms with van der Waals surface area (Å²) in [5.74, 6) is -2.13. The number of carbonyl (C=O) groups is 2. The first-order chi connectivity index (χ1) is 23.0. The SMILES string of the molecule is O=C(O)C1O[C@@H](Oc2cc(-c3cccc(O)c3)ccc2[C@@H]2[C@@H](SC[C@H](O)c3ccc(F)cc3)C(=O)N2c2ccccc2)C(O)C(O)C1O. The zero-order chi connectivity index (χ0) is 34.1. The van der Waals surface area contributed by atoms with Gasteiger partial charge in [-0.1, -0.05) is 54.6 Å². The maximum atomic E-state index is 13.7. The molecule has 2 fully saturated rings. The Kier molecular flexibility index (Phi) is 9.69. The van der Waals surface area contributed by atoms with Crippen molar-refractivity contribution in [3.8, 4) is 22.6 Å². The highest BCUT2D eigenvalue weighted by Crippen LogP contribution is 2.49.